The molecule has 2 amide bonds. The third kappa shape index (κ3) is 4.56. The number of nitrogens with zero attached hydrogens (tertiary/aromatic N) is 6. The molecule has 0 atom stereocenters. The van der Waals surface area contributed by atoms with Crippen LogP contribution < -0.4 is 10.1 Å². The Morgan fingerprint density at radius 2 is 2.08 bits per heavy atom. The molecule has 4 heterocycles. The number of hydrogen-bond donors (Lipinski definition) is 2. The van der Waals surface area contributed by atoms with Crippen molar-refractivity contribution in [1.29, 1.82) is 0 Å². The van der Waals surface area contributed by atoms with Crippen molar-refractivity contribution < 1.29 is 28.2 Å². The number of nitrogens with one attached hydrogen (secondary N) is 1. The topological polar surface area (TPSA) is 135 Å². The molecule has 0 saturated carbocycles. The number of amides is 2. The van der Waals surface area contributed by atoms with Crippen LogP contribution in [0.2, 0.25) is 0 Å². The van der Waals surface area contributed by atoms with Gasteiger partial charge in [0.15, 0.2) is 5.84 Å². The van der Waals surface area contributed by atoms with Crippen molar-refractivity contribution in [3.63, 3.8) is 0 Å². The van der Waals surface area contributed by atoms with E-state index in [1.54, 1.807) is 19.4 Å². The summed E-state index contributed by atoms with van der Waals surface area (Å²) in [5.41, 5.74) is 4.06. The number of aryl methyl sites for hydroxylation is 1. The zero-order valence-corrected chi connectivity index (χ0v) is 21.0. The van der Waals surface area contributed by atoms with Crippen molar-refractivity contribution in [2.45, 2.75) is 38.5 Å². The lowest BCUT2D eigenvalue weighted by Gasteiger charge is -2.16. The molecule has 0 radical (unpaired) electrons. The fraction of sp³-hybridized carbons (Fsp3) is 0.391. The molecule has 1 aromatic heterocycles. The molecule has 5 rings (SSSR count). The van der Waals surface area contributed by atoms with E-state index in [0.29, 0.717) is 28.3 Å². The highest BCUT2D eigenvalue weighted by Gasteiger charge is 2.42. The van der Waals surface area contributed by atoms with E-state index in [-0.39, 0.29) is 35.9 Å². The number of likely N-dealkylation sites (tertiary alicyclic amines) is 1. The Morgan fingerprint density at radius 1 is 1.30 bits per heavy atom. The Kier molecular flexibility index (Phi) is 6.22. The number of hydrogen-bond acceptors (Lipinski definition) is 8. The molecule has 1 saturated heterocycles. The highest BCUT2D eigenvalue weighted by molar-refractivity contribution is 7.97. The fourth-order valence-corrected chi connectivity index (χ4v) is 5.40. The van der Waals surface area contributed by atoms with Crippen molar-refractivity contribution in [3.05, 3.63) is 45.9 Å². The lowest BCUT2D eigenvalue weighted by Crippen LogP contribution is -2.32. The summed E-state index contributed by atoms with van der Waals surface area (Å²) in [6.07, 6.45) is -0.0475. The Labute approximate surface area is 214 Å². The number of pyridine rings is 1. The maximum Gasteiger partial charge on any atom is 0.410 e. The van der Waals surface area contributed by atoms with Gasteiger partial charge in [-0.05, 0) is 37.4 Å². The molecule has 0 spiro atoms. The number of amidine groups is 1. The van der Waals surface area contributed by atoms with Crippen molar-refractivity contribution in [2.24, 2.45) is 4.40 Å². The van der Waals surface area contributed by atoms with Gasteiger partial charge in [0.05, 0.1) is 25.0 Å². The highest BCUT2D eigenvalue weighted by atomic mass is 32.2. The zero-order chi connectivity index (χ0) is 26.5. The van der Waals surface area contributed by atoms with Crippen LogP contribution >= 0.6 is 11.9 Å². The summed E-state index contributed by atoms with van der Waals surface area (Å²) in [7, 11) is 1.57. The number of methoxy groups -OCH3 is 1. The van der Waals surface area contributed by atoms with E-state index in [0.717, 1.165) is 28.0 Å². The molecule has 0 bridgehead atoms. The Hall–Kier alpha value is -3.81. The van der Waals surface area contributed by atoms with E-state index in [1.807, 2.05) is 13.8 Å². The highest BCUT2D eigenvalue weighted by Crippen LogP contribution is 2.39. The zero-order valence-electron chi connectivity index (χ0n) is 20.2. The van der Waals surface area contributed by atoms with E-state index >= 15 is 0 Å². The lowest BCUT2D eigenvalue weighted by atomic mass is 10.1. The molecule has 3 aliphatic heterocycles. The molecule has 14 heteroatoms. The van der Waals surface area contributed by atoms with Gasteiger partial charge in [-0.2, -0.15) is 19.4 Å². The second-order valence-electron chi connectivity index (χ2n) is 8.90. The van der Waals surface area contributed by atoms with E-state index < -0.39 is 30.9 Å². The first kappa shape index (κ1) is 24.9. The molecule has 4 aliphatic rings. The minimum Gasteiger partial charge on any atom is -0.496 e. The fourth-order valence-electron chi connectivity index (χ4n) is 4.65. The van der Waals surface area contributed by atoms with Gasteiger partial charge in [0, 0.05) is 47.2 Å². The van der Waals surface area contributed by atoms with Crippen LogP contribution in [0.25, 0.3) is 11.3 Å². The standard InChI is InChI=1S/C23H23F2N7O4S/c1-11-7-26-16(12(2)19(11)36-3)8-32-28-15-6-13(21(33)31-5-4-23(24,25)10-31)14-9-37-30-20(27-22(34)35)18(29-32)17(14)15/h6-7H,4-5,8-10H2,1-3H3,(H,27,30)(H,34,35). The van der Waals surface area contributed by atoms with E-state index in [4.69, 9.17) is 4.74 Å². The summed E-state index contributed by atoms with van der Waals surface area (Å²) in [6, 6.07) is 1.55. The van der Waals surface area contributed by atoms with Gasteiger partial charge in [-0.1, -0.05) is 0 Å². The molecule has 194 valence electrons. The molecular formula is C23H23F2N7O4S. The van der Waals surface area contributed by atoms with E-state index in [9.17, 15) is 23.5 Å². The van der Waals surface area contributed by atoms with Crippen molar-refractivity contribution >= 4 is 29.8 Å². The summed E-state index contributed by atoms with van der Waals surface area (Å²) >= 11 is 1.03. The summed E-state index contributed by atoms with van der Waals surface area (Å²) in [4.78, 5) is 31.7. The summed E-state index contributed by atoms with van der Waals surface area (Å²) < 4.78 is 37.4. The Balaban J connectivity index is 1.63. The van der Waals surface area contributed by atoms with Gasteiger partial charge in [-0.15, -0.1) is 0 Å². The predicted octanol–water partition coefficient (Wildman–Crippen LogP) is 3.11. The maximum absolute atomic E-state index is 13.8. The SMILES string of the molecule is COc1c(C)cnc(Cn2nc3cc(C(=O)N4CCC(F)(F)C4)c4c-3c(n2)C(NC(=O)O)=NSC4)c1C. The molecule has 2 N–H and O–H groups in total. The number of carbonyl (C=O) groups excluding carboxylic acids is 1. The number of alkyl halides is 2. The van der Waals surface area contributed by atoms with Crippen LogP contribution in [0, 0.1) is 13.8 Å². The average Bonchev–Trinajstić information content (AvgIpc) is 3.33. The molecule has 1 fully saturated rings. The van der Waals surface area contributed by atoms with Crippen LogP contribution in [0.3, 0.4) is 0 Å². The van der Waals surface area contributed by atoms with Gasteiger partial charge >= 0.3 is 6.09 Å². The first-order valence-electron chi connectivity index (χ1n) is 11.3. The molecule has 0 unspecified atom stereocenters. The van der Waals surface area contributed by atoms with Crippen LogP contribution in [0.1, 0.15) is 44.9 Å². The molecule has 0 aromatic carbocycles. The Morgan fingerprint density at radius 3 is 2.76 bits per heavy atom. The molecule has 1 aromatic rings. The van der Waals surface area contributed by atoms with Crippen LogP contribution in [0.15, 0.2) is 16.7 Å². The number of rotatable bonds is 4. The molecule has 37 heavy (non-hydrogen) atoms. The smallest absolute Gasteiger partial charge is 0.410 e. The molecule has 11 nitrogen and oxygen atoms in total. The van der Waals surface area contributed by atoms with Crippen LogP contribution in [-0.2, 0) is 12.3 Å². The third-order valence-electron chi connectivity index (χ3n) is 6.38. The number of aromatic nitrogens is 4. The molecular weight excluding hydrogens is 508 g/mol. The second-order valence-corrected chi connectivity index (χ2v) is 9.63. The summed E-state index contributed by atoms with van der Waals surface area (Å²) in [5, 5.41) is 20.7. The number of carboxylic acid groups (broad SMARTS) is 1. The van der Waals surface area contributed by atoms with Gasteiger partial charge in [0.1, 0.15) is 18.0 Å². The summed E-state index contributed by atoms with van der Waals surface area (Å²) in [6.45, 7) is 3.16. The molecule has 1 aliphatic carbocycles. The summed E-state index contributed by atoms with van der Waals surface area (Å²) in [5.74, 6) is -2.57. The monoisotopic (exact) mass is 531 g/mol. The van der Waals surface area contributed by atoms with Gasteiger partial charge in [-0.3, -0.25) is 15.1 Å². The first-order chi connectivity index (χ1) is 17.6. The number of ether oxygens (including phenoxy) is 1. The van der Waals surface area contributed by atoms with E-state index in [1.165, 1.54) is 4.80 Å². The van der Waals surface area contributed by atoms with Gasteiger partial charge in [0.2, 0.25) is 0 Å². The normalized spacial score (nSPS) is 16.5. The van der Waals surface area contributed by atoms with Crippen molar-refractivity contribution in [1.82, 2.24) is 30.2 Å². The number of halogens is 2. The third-order valence-corrected chi connectivity index (χ3v) is 7.11. The first-order valence-corrected chi connectivity index (χ1v) is 12.3. The van der Waals surface area contributed by atoms with Crippen LogP contribution in [0.4, 0.5) is 13.6 Å². The minimum atomic E-state index is -2.93. The predicted molar refractivity (Wildman–Crippen MR) is 130 cm³/mol. The lowest BCUT2D eigenvalue weighted by molar-refractivity contribution is 0.0120. The maximum atomic E-state index is 13.8. The second kappa shape index (κ2) is 9.25. The van der Waals surface area contributed by atoms with Crippen LogP contribution in [0.5, 0.6) is 5.75 Å². The van der Waals surface area contributed by atoms with Crippen LogP contribution in [-0.4, -0.2) is 73.9 Å². The quantitative estimate of drug-likeness (QED) is 0.491. The van der Waals surface area contributed by atoms with Crippen molar-refractivity contribution in [2.75, 3.05) is 20.2 Å². The van der Waals surface area contributed by atoms with Gasteiger partial charge in [-0.25, -0.2) is 13.6 Å². The van der Waals surface area contributed by atoms with E-state index in [2.05, 4.69) is 24.9 Å². The van der Waals surface area contributed by atoms with Crippen molar-refractivity contribution in [3.8, 4) is 17.0 Å². The average molecular weight is 532 g/mol. The Bertz CT molecular complexity index is 1420. The largest absolute Gasteiger partial charge is 0.496 e. The van der Waals surface area contributed by atoms with Gasteiger partial charge < -0.3 is 14.7 Å². The van der Waals surface area contributed by atoms with Gasteiger partial charge in [0.25, 0.3) is 11.8 Å². The minimum absolute atomic E-state index is 0.0131. The number of carbonyl (C=O) groups is 2.